The largest absolute Gasteiger partial charge is 0.304 e. The molecule has 1 atom stereocenters. The molecule has 0 radical (unpaired) electrons. The smallest absolute Gasteiger partial charge is 0.0874 e. The fraction of sp³-hybridized carbons (Fsp3) is 0.500. The van der Waals surface area contributed by atoms with E-state index in [1.165, 1.54) is 11.5 Å². The fourth-order valence-electron chi connectivity index (χ4n) is 1.61. The summed E-state index contributed by atoms with van der Waals surface area (Å²) in [5.41, 5.74) is 1.14. The number of nitrogens with one attached hydrogen (secondary N) is 1. The zero-order valence-electron chi connectivity index (χ0n) is 9.42. The van der Waals surface area contributed by atoms with Gasteiger partial charge in [-0.15, -0.1) is 5.10 Å². The molecule has 0 amide bonds. The first-order valence-corrected chi connectivity index (χ1v) is 6.08. The van der Waals surface area contributed by atoms with Gasteiger partial charge in [0.05, 0.1) is 22.8 Å². The first-order valence-electron chi connectivity index (χ1n) is 5.31. The molecule has 0 spiro atoms. The summed E-state index contributed by atoms with van der Waals surface area (Å²) in [6.45, 7) is 3.12. The second-order valence-electron chi connectivity index (χ2n) is 3.59. The molecule has 5 nitrogen and oxygen atoms in total. The van der Waals surface area contributed by atoms with E-state index in [1.807, 2.05) is 30.2 Å². The molecular formula is C10H15N5S. The molecule has 1 N–H and O–H groups in total. The van der Waals surface area contributed by atoms with Crippen LogP contribution in [0.15, 0.2) is 18.5 Å². The van der Waals surface area contributed by atoms with Gasteiger partial charge in [0.1, 0.15) is 0 Å². The zero-order chi connectivity index (χ0) is 11.4. The van der Waals surface area contributed by atoms with Crippen molar-refractivity contribution in [2.45, 2.75) is 19.4 Å². The first kappa shape index (κ1) is 11.2. The van der Waals surface area contributed by atoms with Crippen molar-refractivity contribution < 1.29 is 0 Å². The molecule has 86 valence electrons. The third-order valence-electron chi connectivity index (χ3n) is 2.42. The van der Waals surface area contributed by atoms with Gasteiger partial charge in [0.2, 0.25) is 0 Å². The third kappa shape index (κ3) is 2.28. The lowest BCUT2D eigenvalue weighted by Gasteiger charge is -2.16. The highest BCUT2D eigenvalue weighted by Gasteiger charge is 2.18. The number of hydrogen-bond donors (Lipinski definition) is 1. The minimum absolute atomic E-state index is 0.146. The van der Waals surface area contributed by atoms with Crippen LogP contribution < -0.4 is 5.32 Å². The van der Waals surface area contributed by atoms with Crippen molar-refractivity contribution in [3.05, 3.63) is 29.0 Å². The lowest BCUT2D eigenvalue weighted by molar-refractivity contribution is 0.559. The van der Waals surface area contributed by atoms with Crippen molar-refractivity contribution in [2.24, 2.45) is 7.05 Å². The quantitative estimate of drug-likeness (QED) is 0.853. The maximum Gasteiger partial charge on any atom is 0.0874 e. The third-order valence-corrected chi connectivity index (χ3v) is 3.14. The standard InChI is InChI=1S/C10H15N5S/c1-3-5-11-10(9-7-12-14-16-9)8-4-6-13-15(8)2/h4,6-7,10-11H,3,5H2,1-2H3. The summed E-state index contributed by atoms with van der Waals surface area (Å²) in [5.74, 6) is 0. The van der Waals surface area contributed by atoms with Crippen LogP contribution in [0.3, 0.4) is 0 Å². The van der Waals surface area contributed by atoms with E-state index in [4.69, 9.17) is 0 Å². The van der Waals surface area contributed by atoms with Crippen LogP contribution in [0.2, 0.25) is 0 Å². The molecule has 16 heavy (non-hydrogen) atoms. The van der Waals surface area contributed by atoms with Gasteiger partial charge >= 0.3 is 0 Å². The Labute approximate surface area is 98.7 Å². The number of rotatable bonds is 5. The maximum absolute atomic E-state index is 4.20. The van der Waals surface area contributed by atoms with Gasteiger partial charge in [-0.05, 0) is 30.6 Å². The van der Waals surface area contributed by atoms with E-state index in [0.717, 1.165) is 23.5 Å². The van der Waals surface area contributed by atoms with Crippen LogP contribution >= 0.6 is 11.5 Å². The Bertz CT molecular complexity index is 422. The van der Waals surface area contributed by atoms with Crippen LogP contribution in [0, 0.1) is 0 Å². The highest BCUT2D eigenvalue weighted by Crippen LogP contribution is 2.22. The second-order valence-corrected chi connectivity index (χ2v) is 4.40. The van der Waals surface area contributed by atoms with Crippen molar-refractivity contribution in [2.75, 3.05) is 6.54 Å². The molecule has 0 saturated heterocycles. The van der Waals surface area contributed by atoms with Crippen molar-refractivity contribution >= 4 is 11.5 Å². The van der Waals surface area contributed by atoms with Gasteiger partial charge in [-0.2, -0.15) is 5.10 Å². The molecule has 2 heterocycles. The van der Waals surface area contributed by atoms with Crippen LogP contribution in [-0.2, 0) is 7.05 Å². The molecule has 6 heteroatoms. The summed E-state index contributed by atoms with van der Waals surface area (Å²) in [4.78, 5) is 1.12. The Balaban J connectivity index is 2.25. The van der Waals surface area contributed by atoms with Crippen molar-refractivity contribution in [1.29, 1.82) is 0 Å². The Morgan fingerprint density at radius 3 is 3.00 bits per heavy atom. The summed E-state index contributed by atoms with van der Waals surface area (Å²) < 4.78 is 5.79. The molecule has 0 aliphatic heterocycles. The Hall–Kier alpha value is -1.27. The van der Waals surface area contributed by atoms with Gasteiger partial charge in [0, 0.05) is 13.2 Å². The molecule has 2 rings (SSSR count). The summed E-state index contributed by atoms with van der Waals surface area (Å²) in [5, 5.41) is 11.6. The minimum atomic E-state index is 0.146. The maximum atomic E-state index is 4.20. The molecule has 0 aromatic carbocycles. The topological polar surface area (TPSA) is 55.6 Å². The van der Waals surface area contributed by atoms with Crippen LogP contribution in [0.1, 0.15) is 30.0 Å². The molecule has 0 aliphatic carbocycles. The number of aromatic nitrogens is 4. The van der Waals surface area contributed by atoms with Gasteiger partial charge in [0.15, 0.2) is 0 Å². The van der Waals surface area contributed by atoms with Gasteiger partial charge in [-0.1, -0.05) is 11.4 Å². The van der Waals surface area contributed by atoms with E-state index in [9.17, 15) is 0 Å². The Morgan fingerprint density at radius 1 is 1.56 bits per heavy atom. The van der Waals surface area contributed by atoms with Gasteiger partial charge in [0.25, 0.3) is 0 Å². The number of aryl methyl sites for hydroxylation is 1. The summed E-state index contributed by atoms with van der Waals surface area (Å²) in [6, 6.07) is 2.17. The van der Waals surface area contributed by atoms with Crippen LogP contribution in [-0.4, -0.2) is 25.9 Å². The average molecular weight is 237 g/mol. The van der Waals surface area contributed by atoms with Crippen molar-refractivity contribution in [1.82, 2.24) is 24.7 Å². The normalized spacial score (nSPS) is 12.9. The molecule has 0 saturated carbocycles. The Morgan fingerprint density at radius 2 is 2.44 bits per heavy atom. The zero-order valence-corrected chi connectivity index (χ0v) is 10.2. The SMILES string of the molecule is CCCNC(c1cnns1)c1ccnn1C. The molecule has 1 unspecified atom stereocenters. The fourth-order valence-corrected chi connectivity index (χ4v) is 2.20. The highest BCUT2D eigenvalue weighted by atomic mass is 32.1. The van der Waals surface area contributed by atoms with E-state index in [-0.39, 0.29) is 6.04 Å². The highest BCUT2D eigenvalue weighted by molar-refractivity contribution is 7.05. The summed E-state index contributed by atoms with van der Waals surface area (Å²) in [7, 11) is 1.95. The van der Waals surface area contributed by atoms with Gasteiger partial charge in [-0.3, -0.25) is 4.68 Å². The second kappa shape index (κ2) is 5.18. The monoisotopic (exact) mass is 237 g/mol. The number of nitrogens with zero attached hydrogens (tertiary/aromatic N) is 4. The van der Waals surface area contributed by atoms with Crippen LogP contribution in [0.25, 0.3) is 0 Å². The van der Waals surface area contributed by atoms with E-state index in [2.05, 4.69) is 26.9 Å². The molecule has 2 aromatic heterocycles. The van der Waals surface area contributed by atoms with E-state index < -0.39 is 0 Å². The van der Waals surface area contributed by atoms with Gasteiger partial charge in [-0.25, -0.2) is 0 Å². The van der Waals surface area contributed by atoms with Gasteiger partial charge < -0.3 is 5.32 Å². The molecule has 0 bridgehead atoms. The van der Waals surface area contributed by atoms with Crippen LogP contribution in [0.4, 0.5) is 0 Å². The molecular weight excluding hydrogens is 222 g/mol. The molecule has 0 fully saturated rings. The molecule has 2 aromatic rings. The predicted molar refractivity (Wildman–Crippen MR) is 63.3 cm³/mol. The van der Waals surface area contributed by atoms with E-state index >= 15 is 0 Å². The molecule has 0 aliphatic rings. The van der Waals surface area contributed by atoms with Crippen molar-refractivity contribution in [3.63, 3.8) is 0 Å². The predicted octanol–water partition coefficient (Wildman–Crippen LogP) is 1.36. The lowest BCUT2D eigenvalue weighted by Crippen LogP contribution is -2.24. The van der Waals surface area contributed by atoms with Crippen LogP contribution in [0.5, 0.6) is 0 Å². The summed E-state index contributed by atoms with van der Waals surface area (Å²) in [6.07, 6.45) is 4.72. The Kier molecular flexibility index (Phi) is 3.63. The van der Waals surface area contributed by atoms with E-state index in [0.29, 0.717) is 0 Å². The van der Waals surface area contributed by atoms with Crippen molar-refractivity contribution in [3.8, 4) is 0 Å². The summed E-state index contributed by atoms with van der Waals surface area (Å²) >= 11 is 1.42. The minimum Gasteiger partial charge on any atom is -0.304 e. The lowest BCUT2D eigenvalue weighted by atomic mass is 10.2. The number of hydrogen-bond acceptors (Lipinski definition) is 5. The first-order chi connectivity index (χ1) is 7.83. The van der Waals surface area contributed by atoms with E-state index in [1.54, 1.807) is 0 Å². The average Bonchev–Trinajstić information content (AvgIpc) is 2.91.